The van der Waals surface area contributed by atoms with Gasteiger partial charge < -0.3 is 83.8 Å². The number of aromatic hydroxyl groups is 4. The van der Waals surface area contributed by atoms with E-state index in [9.17, 15) is 83.4 Å². The van der Waals surface area contributed by atoms with Gasteiger partial charge in [-0.2, -0.15) is 0 Å². The van der Waals surface area contributed by atoms with E-state index in [0.717, 1.165) is 0 Å². The molecule has 422 valence electrons. The Morgan fingerprint density at radius 1 is 0.367 bits per heavy atom. The minimum Gasteiger partial charge on any atom is -0.508 e. The highest BCUT2D eigenvalue weighted by atomic mass is 16.4. The van der Waals surface area contributed by atoms with Gasteiger partial charge in [0.25, 0.3) is 0 Å². The fraction of sp³-hybridized carbons (Fsp3) is 0.327. The molecule has 0 fully saturated rings. The molecule has 0 unspecified atom stereocenters. The fourth-order valence-corrected chi connectivity index (χ4v) is 7.55. The second kappa shape index (κ2) is 30.1. The molecule has 0 spiro atoms. The summed E-state index contributed by atoms with van der Waals surface area (Å²) in [6.45, 7) is -0.843. The zero-order valence-corrected chi connectivity index (χ0v) is 42.0. The number of phenols is 4. The van der Waals surface area contributed by atoms with Crippen LogP contribution in [-0.4, -0.2) is 155 Å². The topological polar surface area (TPSA) is 460 Å². The Morgan fingerprint density at radius 3 is 1.00 bits per heavy atom. The SMILES string of the molecule is N[C@@H](CC(=O)O)C(=O)N[C@@H](Cc1ccc(O)cc1)C(=O)NCC(=O)N[C@@H](Cc1ccc(O)cc1)C(=O)N[C@@H](Cc1ccc(O)cc1)C(=O)N[C@@H](CCC(=O)O)C(=O)N[C@@H](Cc1ccc(O)cc1)C(=O)N[C@@H](CCC(=O)O)C(=O)O. The number of nitrogens with two attached hydrogens (primary N) is 1. The molecule has 27 heteroatoms. The molecular formula is C52H60N8O19. The largest absolute Gasteiger partial charge is 0.508 e. The van der Waals surface area contributed by atoms with Crippen LogP contribution in [0.25, 0.3) is 0 Å². The Labute approximate surface area is 449 Å². The number of hydrogen-bond acceptors (Lipinski definition) is 16. The van der Waals surface area contributed by atoms with Crippen LogP contribution in [0.1, 0.15) is 54.4 Å². The van der Waals surface area contributed by atoms with Gasteiger partial charge >= 0.3 is 23.9 Å². The number of aliphatic carboxylic acids is 4. The van der Waals surface area contributed by atoms with Gasteiger partial charge in [0.15, 0.2) is 0 Å². The van der Waals surface area contributed by atoms with Crippen LogP contribution in [0, 0.1) is 0 Å². The standard InChI is InChI=1S/C52H60N8O19/c53-35(25-45(70)71)46(72)58-38(21-27-1-9-31(61)10-2-27)47(73)54-26-42(65)55-39(22-28-3-11-32(62)12-4-28)49(75)60-40(23-29-5-13-33(63)14-6-29)50(76)56-36(17-19-43(66)67)48(74)59-41(24-30-7-15-34(64)16-8-30)51(77)57-37(52(78)79)18-20-44(68)69/h1-16,35-41,61-64H,17-26,53H2,(H,54,73)(H,55,65)(H,56,76)(H,57,77)(H,58,72)(H,59,74)(H,60,75)(H,66,67)(H,68,69)(H,70,71)(H,78,79)/t35-,36-,37-,38-,39-,40-,41-/m0/s1. The molecule has 7 atom stereocenters. The van der Waals surface area contributed by atoms with E-state index in [-0.39, 0.29) is 48.7 Å². The van der Waals surface area contributed by atoms with E-state index >= 15 is 0 Å². The highest BCUT2D eigenvalue weighted by molar-refractivity contribution is 5.97. The van der Waals surface area contributed by atoms with Crippen LogP contribution in [0.4, 0.5) is 0 Å². The summed E-state index contributed by atoms with van der Waals surface area (Å²) >= 11 is 0. The van der Waals surface area contributed by atoms with Crippen LogP contribution in [-0.2, 0) is 78.4 Å². The van der Waals surface area contributed by atoms with E-state index in [0.29, 0.717) is 22.3 Å². The first-order chi connectivity index (χ1) is 37.3. The molecule has 0 aliphatic rings. The zero-order valence-electron chi connectivity index (χ0n) is 42.0. The maximum absolute atomic E-state index is 14.4. The Kier molecular flexibility index (Phi) is 23.5. The average molecular weight is 1100 g/mol. The Morgan fingerprint density at radius 2 is 0.658 bits per heavy atom. The number of carboxylic acid groups (broad SMARTS) is 4. The second-order valence-corrected chi connectivity index (χ2v) is 18.0. The van der Waals surface area contributed by atoms with Gasteiger partial charge in [-0.25, -0.2) is 4.79 Å². The number of rotatable bonds is 31. The summed E-state index contributed by atoms with van der Waals surface area (Å²) in [7, 11) is 0. The van der Waals surface area contributed by atoms with Crippen molar-refractivity contribution in [3.63, 3.8) is 0 Å². The highest BCUT2D eigenvalue weighted by Gasteiger charge is 2.34. The summed E-state index contributed by atoms with van der Waals surface area (Å²) in [6.07, 6.45) is -4.70. The van der Waals surface area contributed by atoms with E-state index < -0.39 is 146 Å². The van der Waals surface area contributed by atoms with Crippen molar-refractivity contribution in [2.24, 2.45) is 5.73 Å². The van der Waals surface area contributed by atoms with Crippen LogP contribution in [0.15, 0.2) is 97.1 Å². The predicted molar refractivity (Wildman–Crippen MR) is 273 cm³/mol. The zero-order chi connectivity index (χ0) is 58.3. The fourth-order valence-electron chi connectivity index (χ4n) is 7.55. The summed E-state index contributed by atoms with van der Waals surface area (Å²) in [5.74, 6) is -13.9. The Hall–Kier alpha value is -9.79. The molecule has 0 saturated carbocycles. The van der Waals surface area contributed by atoms with Crippen molar-refractivity contribution >= 4 is 65.2 Å². The van der Waals surface area contributed by atoms with Gasteiger partial charge in [0.1, 0.15) is 59.2 Å². The molecule has 4 aromatic rings. The normalized spacial score (nSPS) is 13.5. The lowest BCUT2D eigenvalue weighted by Crippen LogP contribution is -2.60. The van der Waals surface area contributed by atoms with Crippen molar-refractivity contribution in [1.82, 2.24) is 37.2 Å². The van der Waals surface area contributed by atoms with Crippen LogP contribution in [0.3, 0.4) is 0 Å². The van der Waals surface area contributed by atoms with Gasteiger partial charge in [-0.3, -0.25) is 47.9 Å². The maximum atomic E-state index is 14.4. The first kappa shape index (κ1) is 61.8. The lowest BCUT2D eigenvalue weighted by Gasteiger charge is -2.27. The van der Waals surface area contributed by atoms with E-state index in [1.54, 1.807) is 0 Å². The quantitative estimate of drug-likeness (QED) is 0.0270. The molecule has 0 bridgehead atoms. The van der Waals surface area contributed by atoms with Gasteiger partial charge in [-0.05, 0) is 83.6 Å². The second-order valence-electron chi connectivity index (χ2n) is 18.0. The van der Waals surface area contributed by atoms with E-state index in [2.05, 4.69) is 37.2 Å². The third-order valence-corrected chi connectivity index (χ3v) is 11.8. The van der Waals surface area contributed by atoms with Crippen molar-refractivity contribution in [3.05, 3.63) is 119 Å². The molecule has 17 N–H and O–H groups in total. The number of nitrogens with one attached hydrogen (secondary N) is 7. The maximum Gasteiger partial charge on any atom is 0.326 e. The molecule has 7 amide bonds. The molecule has 79 heavy (non-hydrogen) atoms. The third-order valence-electron chi connectivity index (χ3n) is 11.8. The predicted octanol–water partition coefficient (Wildman–Crippen LogP) is -1.58. The van der Waals surface area contributed by atoms with Gasteiger partial charge in [0, 0.05) is 38.5 Å². The summed E-state index contributed by atoms with van der Waals surface area (Å²) in [5, 5.41) is 93.8. The number of carbonyl (C=O) groups is 11. The van der Waals surface area contributed by atoms with Gasteiger partial charge in [0.05, 0.1) is 19.0 Å². The van der Waals surface area contributed by atoms with Gasteiger partial charge in [0.2, 0.25) is 41.4 Å². The monoisotopic (exact) mass is 1100 g/mol. The Bertz CT molecular complexity index is 2810. The van der Waals surface area contributed by atoms with E-state index in [1.807, 2.05) is 0 Å². The number of amides is 7. The number of carboxylic acids is 4. The van der Waals surface area contributed by atoms with Crippen LogP contribution in [0.2, 0.25) is 0 Å². The molecule has 0 saturated heterocycles. The average Bonchev–Trinajstić information content (AvgIpc) is 3.39. The number of carbonyl (C=O) groups excluding carboxylic acids is 7. The molecule has 4 aromatic carbocycles. The van der Waals surface area contributed by atoms with Crippen LogP contribution >= 0.6 is 0 Å². The van der Waals surface area contributed by atoms with Crippen molar-refractivity contribution in [3.8, 4) is 23.0 Å². The van der Waals surface area contributed by atoms with Crippen molar-refractivity contribution < 1.29 is 93.6 Å². The number of hydrogen-bond donors (Lipinski definition) is 16. The molecule has 0 aliphatic carbocycles. The molecule has 0 aliphatic heterocycles. The summed E-state index contributed by atoms with van der Waals surface area (Å²) in [5.41, 5.74) is 7.11. The minimum absolute atomic E-state index is 0.112. The summed E-state index contributed by atoms with van der Waals surface area (Å²) in [6, 6.07) is 9.90. The lowest BCUT2D eigenvalue weighted by atomic mass is 10.0. The summed E-state index contributed by atoms with van der Waals surface area (Å²) in [4.78, 5) is 143. The number of phenolic OH excluding ortho intramolecular Hbond substituents is 4. The third kappa shape index (κ3) is 21.8. The molecular weight excluding hydrogens is 1040 g/mol. The first-order valence-corrected chi connectivity index (χ1v) is 24.2. The van der Waals surface area contributed by atoms with Crippen LogP contribution in [0.5, 0.6) is 23.0 Å². The van der Waals surface area contributed by atoms with E-state index in [4.69, 9.17) is 15.9 Å². The molecule has 27 nitrogen and oxygen atoms in total. The van der Waals surface area contributed by atoms with Crippen molar-refractivity contribution in [2.75, 3.05) is 6.54 Å². The molecule has 4 rings (SSSR count). The molecule has 0 heterocycles. The Balaban J connectivity index is 1.63. The number of benzene rings is 4. The van der Waals surface area contributed by atoms with Crippen LogP contribution < -0.4 is 43.0 Å². The minimum atomic E-state index is -1.80. The first-order valence-electron chi connectivity index (χ1n) is 24.2. The van der Waals surface area contributed by atoms with Crippen molar-refractivity contribution in [2.45, 2.75) is 100 Å². The van der Waals surface area contributed by atoms with Gasteiger partial charge in [-0.15, -0.1) is 0 Å². The smallest absolute Gasteiger partial charge is 0.326 e. The molecule has 0 radical (unpaired) electrons. The van der Waals surface area contributed by atoms with Gasteiger partial charge in [-0.1, -0.05) is 48.5 Å². The van der Waals surface area contributed by atoms with E-state index in [1.165, 1.54) is 97.1 Å². The summed E-state index contributed by atoms with van der Waals surface area (Å²) < 4.78 is 0. The van der Waals surface area contributed by atoms with Crippen molar-refractivity contribution in [1.29, 1.82) is 0 Å². The lowest BCUT2D eigenvalue weighted by molar-refractivity contribution is -0.143. The molecule has 0 aromatic heterocycles. The highest BCUT2D eigenvalue weighted by Crippen LogP contribution is 2.17.